The minimum absolute atomic E-state index is 0.188. The van der Waals surface area contributed by atoms with Crippen LogP contribution in [0.3, 0.4) is 0 Å². The maximum absolute atomic E-state index is 11.9. The number of halogens is 1. The molecule has 0 bridgehead atoms. The minimum atomic E-state index is -2.79. The van der Waals surface area contributed by atoms with Crippen molar-refractivity contribution in [1.29, 1.82) is 0 Å². The number of carbonyl (C=O) groups is 1. The number of carbonyl (C=O) groups excluding carboxylic acids is 1. The quantitative estimate of drug-likeness (QED) is 0.348. The van der Waals surface area contributed by atoms with E-state index in [9.17, 15) is 4.79 Å². The molecule has 2 aliphatic heterocycles. The Balaban J connectivity index is 2.61. The van der Waals surface area contributed by atoms with Crippen molar-refractivity contribution in [3.8, 4) is 0 Å². The first-order valence-corrected chi connectivity index (χ1v) is 14.5. The van der Waals surface area contributed by atoms with Crippen molar-refractivity contribution in [3.63, 3.8) is 0 Å². The number of hydrogen-bond donors (Lipinski definition) is 0. The highest BCUT2D eigenvalue weighted by molar-refractivity contribution is 6.84. The minimum Gasteiger partial charge on any atom is -0.414 e. The van der Waals surface area contributed by atoms with E-state index in [4.69, 9.17) is 29.3 Å². The summed E-state index contributed by atoms with van der Waals surface area (Å²) >= 11 is 6.74. The average molecular weight is 437 g/mol. The van der Waals surface area contributed by atoms with Crippen LogP contribution in [0.1, 0.15) is 62.3 Å². The summed E-state index contributed by atoms with van der Waals surface area (Å²) in [7, 11) is -5.38. The molecule has 0 radical (unpaired) electrons. The van der Waals surface area contributed by atoms with Gasteiger partial charge in [-0.05, 0) is 29.1 Å². The Hall–Kier alpha value is 0.234. The van der Waals surface area contributed by atoms with Gasteiger partial charge in [0.05, 0.1) is 12.7 Å². The zero-order valence-corrected chi connectivity index (χ0v) is 21.0. The van der Waals surface area contributed by atoms with Gasteiger partial charge < -0.3 is 22.5 Å². The molecular weight excluding hydrogens is 400 g/mol. The highest BCUT2D eigenvalue weighted by Crippen LogP contribution is 2.49. The van der Waals surface area contributed by atoms with E-state index in [0.29, 0.717) is 6.61 Å². The molecule has 0 amide bonds. The summed E-state index contributed by atoms with van der Waals surface area (Å²) in [6.07, 6.45) is -0.579. The lowest BCUT2D eigenvalue weighted by molar-refractivity contribution is -0.112. The van der Waals surface area contributed by atoms with Crippen LogP contribution in [0.2, 0.25) is 22.2 Å². The molecule has 27 heavy (non-hydrogen) atoms. The monoisotopic (exact) mass is 436 g/mol. The second kappa shape index (κ2) is 8.16. The van der Waals surface area contributed by atoms with Gasteiger partial charge in [-0.1, -0.05) is 55.4 Å². The molecule has 0 saturated carbocycles. The molecule has 4 atom stereocenters. The Morgan fingerprint density at radius 3 is 1.85 bits per heavy atom. The van der Waals surface area contributed by atoms with Crippen LogP contribution in [-0.4, -0.2) is 53.2 Å². The molecule has 0 aromatic carbocycles. The van der Waals surface area contributed by atoms with Crippen molar-refractivity contribution in [3.05, 3.63) is 0 Å². The van der Waals surface area contributed by atoms with Gasteiger partial charge in [-0.15, -0.1) is 11.6 Å². The van der Waals surface area contributed by atoms with E-state index in [1.54, 1.807) is 0 Å². The van der Waals surface area contributed by atoms with Gasteiger partial charge in [0.15, 0.2) is 4.87 Å². The molecule has 8 heteroatoms. The standard InChI is InChI=1S/C19H37ClO5Si2/c1-12(2)26(13(3)4)22-10-17-18(19(20,11-21)16(9)23-17)24-27(25-26,14(5)6)15(7)8/h11-18H,10H2,1-9H3/t16-,17+,18-,19?/m0/s1. The Kier molecular flexibility index (Phi) is 7.11. The number of fused-ring (bicyclic) bond motifs is 1. The van der Waals surface area contributed by atoms with Crippen LogP contribution in [0.4, 0.5) is 0 Å². The van der Waals surface area contributed by atoms with Crippen LogP contribution in [0.5, 0.6) is 0 Å². The van der Waals surface area contributed by atoms with Gasteiger partial charge >= 0.3 is 17.1 Å². The third-order valence-electron chi connectivity index (χ3n) is 6.28. The Bertz CT molecular complexity index is 526. The summed E-state index contributed by atoms with van der Waals surface area (Å²) in [5, 5.41) is 0. The molecule has 2 aliphatic rings. The van der Waals surface area contributed by atoms with Crippen LogP contribution >= 0.6 is 11.6 Å². The van der Waals surface area contributed by atoms with E-state index in [-0.39, 0.29) is 28.3 Å². The first kappa shape index (κ1) is 23.5. The summed E-state index contributed by atoms with van der Waals surface area (Å²) in [6.45, 7) is 19.5. The summed E-state index contributed by atoms with van der Waals surface area (Å²) < 4.78 is 26.6. The van der Waals surface area contributed by atoms with E-state index >= 15 is 0 Å². The first-order chi connectivity index (χ1) is 12.4. The van der Waals surface area contributed by atoms with Gasteiger partial charge in [0.25, 0.3) is 0 Å². The van der Waals surface area contributed by atoms with Gasteiger partial charge in [0, 0.05) is 0 Å². The summed E-state index contributed by atoms with van der Waals surface area (Å²) in [5.41, 5.74) is 0.917. The Morgan fingerprint density at radius 2 is 1.44 bits per heavy atom. The van der Waals surface area contributed by atoms with Crippen molar-refractivity contribution in [2.45, 2.75) is 108 Å². The molecule has 2 fully saturated rings. The lowest BCUT2D eigenvalue weighted by Gasteiger charge is -2.51. The Morgan fingerprint density at radius 1 is 0.963 bits per heavy atom. The SMILES string of the molecule is CC(C)[Si]1(C(C)C)OC[C@H]2O[C@@H](C)C(Cl)(C=O)[C@H]2O[Si](C(C)C)(C(C)C)O1. The van der Waals surface area contributed by atoms with Gasteiger partial charge in [-0.2, -0.15) is 0 Å². The maximum atomic E-state index is 11.9. The van der Waals surface area contributed by atoms with E-state index in [2.05, 4.69) is 55.4 Å². The van der Waals surface area contributed by atoms with Crippen molar-refractivity contribution >= 4 is 35.0 Å². The molecule has 0 aliphatic carbocycles. The molecule has 0 aromatic rings. The molecular formula is C19H37ClO5Si2. The van der Waals surface area contributed by atoms with Crippen molar-refractivity contribution in [2.75, 3.05) is 6.61 Å². The number of hydrogen-bond acceptors (Lipinski definition) is 5. The molecule has 0 aromatic heterocycles. The van der Waals surface area contributed by atoms with E-state index < -0.39 is 34.2 Å². The molecule has 0 N–H and O–H groups in total. The highest BCUT2D eigenvalue weighted by atomic mass is 35.5. The lowest BCUT2D eigenvalue weighted by atomic mass is 9.98. The predicted molar refractivity (Wildman–Crippen MR) is 113 cm³/mol. The van der Waals surface area contributed by atoms with Crippen LogP contribution in [-0.2, 0) is 22.5 Å². The van der Waals surface area contributed by atoms with Crippen LogP contribution in [0, 0.1) is 0 Å². The number of ether oxygens (including phenoxy) is 1. The number of alkyl halides is 1. The third-order valence-corrected chi connectivity index (χ3v) is 17.1. The fraction of sp³-hybridized carbons (Fsp3) is 0.947. The summed E-state index contributed by atoms with van der Waals surface area (Å²) in [6, 6.07) is 0. The average Bonchev–Trinajstić information content (AvgIpc) is 2.78. The largest absolute Gasteiger partial charge is 0.414 e. The molecule has 1 unspecified atom stereocenters. The normalized spacial score (nSPS) is 36.1. The van der Waals surface area contributed by atoms with Crippen LogP contribution in [0.25, 0.3) is 0 Å². The van der Waals surface area contributed by atoms with Gasteiger partial charge in [0.2, 0.25) is 0 Å². The third kappa shape index (κ3) is 3.73. The van der Waals surface area contributed by atoms with Gasteiger partial charge in [-0.25, -0.2) is 0 Å². The van der Waals surface area contributed by atoms with E-state index in [1.165, 1.54) is 0 Å². The molecule has 5 nitrogen and oxygen atoms in total. The Labute approximate surface area is 171 Å². The van der Waals surface area contributed by atoms with Gasteiger partial charge in [0.1, 0.15) is 18.5 Å². The highest BCUT2D eigenvalue weighted by Gasteiger charge is 2.64. The fourth-order valence-corrected chi connectivity index (χ4v) is 16.1. The molecule has 2 heterocycles. The molecule has 2 saturated heterocycles. The van der Waals surface area contributed by atoms with Crippen LogP contribution < -0.4 is 0 Å². The number of rotatable bonds is 5. The lowest BCUT2D eigenvalue weighted by Crippen LogP contribution is -2.66. The summed E-state index contributed by atoms with van der Waals surface area (Å²) in [4.78, 5) is 10.7. The van der Waals surface area contributed by atoms with E-state index in [0.717, 1.165) is 6.29 Å². The smallest absolute Gasteiger partial charge is 0.335 e. The number of aldehydes is 1. The topological polar surface area (TPSA) is 54.0 Å². The fourth-order valence-electron chi connectivity index (χ4n) is 4.53. The second-order valence-electron chi connectivity index (χ2n) is 9.28. The predicted octanol–water partition coefficient (Wildman–Crippen LogP) is 4.91. The molecule has 2 rings (SSSR count). The van der Waals surface area contributed by atoms with Gasteiger partial charge in [-0.3, -0.25) is 0 Å². The van der Waals surface area contributed by atoms with Crippen molar-refractivity contribution in [2.24, 2.45) is 0 Å². The summed E-state index contributed by atoms with van der Waals surface area (Å²) in [5.74, 6) is 0. The molecule has 158 valence electrons. The molecule has 0 spiro atoms. The zero-order chi connectivity index (χ0) is 20.8. The maximum Gasteiger partial charge on any atom is 0.335 e. The zero-order valence-electron chi connectivity index (χ0n) is 18.2. The van der Waals surface area contributed by atoms with Crippen molar-refractivity contribution < 1.29 is 22.5 Å². The van der Waals surface area contributed by atoms with E-state index in [1.807, 2.05) is 6.92 Å². The van der Waals surface area contributed by atoms with Crippen molar-refractivity contribution in [1.82, 2.24) is 0 Å². The second-order valence-corrected chi connectivity index (χ2v) is 18.8. The first-order valence-electron chi connectivity index (χ1n) is 10.2. The van der Waals surface area contributed by atoms with Crippen LogP contribution in [0.15, 0.2) is 0 Å².